The molecule has 9 nitrogen and oxygen atoms in total. The highest BCUT2D eigenvalue weighted by Gasteiger charge is 2.21. The number of amides is 1. The zero-order valence-corrected chi connectivity index (χ0v) is 12.4. The summed E-state index contributed by atoms with van der Waals surface area (Å²) in [6, 6.07) is 5.29. The number of nitrogens with zero attached hydrogens (tertiary/aromatic N) is 1. The molecule has 0 heterocycles. The number of carbonyl (C=O) groups excluding carboxylic acids is 3. The van der Waals surface area contributed by atoms with Crippen LogP contribution in [-0.2, 0) is 19.1 Å². The van der Waals surface area contributed by atoms with Crippen molar-refractivity contribution in [3.8, 4) is 0 Å². The number of nitro groups is 1. The lowest BCUT2D eigenvalue weighted by molar-refractivity contribution is -0.385. The highest BCUT2D eigenvalue weighted by Crippen LogP contribution is 2.18. The van der Waals surface area contributed by atoms with Crippen molar-refractivity contribution in [1.29, 1.82) is 0 Å². The van der Waals surface area contributed by atoms with Gasteiger partial charge in [-0.05, 0) is 12.5 Å². The summed E-state index contributed by atoms with van der Waals surface area (Å²) >= 11 is 0. The second-order valence-corrected chi connectivity index (χ2v) is 4.38. The van der Waals surface area contributed by atoms with E-state index in [-0.39, 0.29) is 24.5 Å². The van der Waals surface area contributed by atoms with Gasteiger partial charge in [0.05, 0.1) is 12.0 Å². The molecule has 0 atom stereocenters. The Bertz CT molecular complexity index is 601. The molecule has 0 aromatic heterocycles. The van der Waals surface area contributed by atoms with Crippen molar-refractivity contribution in [2.45, 2.75) is 12.8 Å². The number of hydrogen-bond donors (Lipinski definition) is 1. The molecule has 1 aromatic carbocycles. The summed E-state index contributed by atoms with van der Waals surface area (Å²) in [6.45, 7) is -0.347. The Balaban J connectivity index is 2.40. The molecule has 0 aliphatic rings. The van der Waals surface area contributed by atoms with Gasteiger partial charge in [0.1, 0.15) is 5.56 Å². The van der Waals surface area contributed by atoms with Gasteiger partial charge in [0.25, 0.3) is 11.6 Å². The van der Waals surface area contributed by atoms with Crippen molar-refractivity contribution >= 4 is 23.5 Å². The fraction of sp³-hybridized carbons (Fsp3) is 0.357. The van der Waals surface area contributed by atoms with Crippen LogP contribution in [-0.4, -0.2) is 43.0 Å². The molecule has 0 aliphatic heterocycles. The minimum absolute atomic E-state index is 0.160. The van der Waals surface area contributed by atoms with E-state index < -0.39 is 29.1 Å². The normalized spacial score (nSPS) is 9.78. The largest absolute Gasteiger partial charge is 0.469 e. The summed E-state index contributed by atoms with van der Waals surface area (Å²) in [6.07, 6.45) is 0.545. The maximum absolute atomic E-state index is 11.8. The topological polar surface area (TPSA) is 125 Å². The van der Waals surface area contributed by atoms with Gasteiger partial charge in [-0.1, -0.05) is 12.1 Å². The minimum Gasteiger partial charge on any atom is -0.469 e. The van der Waals surface area contributed by atoms with Crippen LogP contribution in [0.5, 0.6) is 0 Å². The van der Waals surface area contributed by atoms with E-state index >= 15 is 0 Å². The number of nitro benzene ring substituents is 1. The number of esters is 2. The van der Waals surface area contributed by atoms with E-state index in [1.165, 1.54) is 31.4 Å². The molecule has 0 saturated heterocycles. The average molecular weight is 324 g/mol. The predicted molar refractivity (Wildman–Crippen MR) is 77.6 cm³/mol. The Morgan fingerprint density at radius 3 is 2.61 bits per heavy atom. The van der Waals surface area contributed by atoms with Gasteiger partial charge in [-0.15, -0.1) is 0 Å². The molecule has 0 saturated carbocycles. The Morgan fingerprint density at radius 2 is 1.96 bits per heavy atom. The van der Waals surface area contributed by atoms with Crippen molar-refractivity contribution in [1.82, 2.24) is 5.32 Å². The molecule has 0 radical (unpaired) electrons. The van der Waals surface area contributed by atoms with Crippen molar-refractivity contribution in [2.75, 3.05) is 20.3 Å². The molecule has 0 unspecified atom stereocenters. The highest BCUT2D eigenvalue weighted by atomic mass is 16.6. The lowest BCUT2D eigenvalue weighted by atomic mass is 10.2. The van der Waals surface area contributed by atoms with Crippen LogP contribution in [0.15, 0.2) is 24.3 Å². The maximum Gasteiger partial charge on any atom is 0.345 e. The van der Waals surface area contributed by atoms with E-state index in [9.17, 15) is 24.5 Å². The smallest absolute Gasteiger partial charge is 0.345 e. The Hall–Kier alpha value is -2.97. The molecule has 23 heavy (non-hydrogen) atoms. The number of nitrogens with one attached hydrogen (secondary N) is 1. The lowest BCUT2D eigenvalue weighted by Gasteiger charge is -2.06. The summed E-state index contributed by atoms with van der Waals surface area (Å²) in [7, 11) is 1.27. The van der Waals surface area contributed by atoms with Crippen LogP contribution in [0.1, 0.15) is 23.2 Å². The van der Waals surface area contributed by atoms with Gasteiger partial charge in [0, 0.05) is 19.0 Å². The Morgan fingerprint density at radius 1 is 1.26 bits per heavy atom. The fourth-order valence-corrected chi connectivity index (χ4v) is 1.63. The Kier molecular flexibility index (Phi) is 7.18. The average Bonchev–Trinajstić information content (AvgIpc) is 2.56. The first-order chi connectivity index (χ1) is 11.0. The van der Waals surface area contributed by atoms with Gasteiger partial charge in [0.2, 0.25) is 0 Å². The monoisotopic (exact) mass is 324 g/mol. The minimum atomic E-state index is -0.956. The number of ether oxygens (including phenoxy) is 2. The first-order valence-corrected chi connectivity index (χ1v) is 6.69. The molecule has 0 fully saturated rings. The molecule has 0 bridgehead atoms. The molecule has 1 rings (SSSR count). The second kappa shape index (κ2) is 9.13. The summed E-state index contributed by atoms with van der Waals surface area (Å²) in [5, 5.41) is 13.2. The molecule has 0 spiro atoms. The molecule has 1 N–H and O–H groups in total. The quantitative estimate of drug-likeness (QED) is 0.325. The molecular formula is C14H16N2O7. The van der Waals surface area contributed by atoms with Crippen LogP contribution in [0.4, 0.5) is 5.69 Å². The number of para-hydroxylation sites is 1. The summed E-state index contributed by atoms with van der Waals surface area (Å²) in [5.74, 6) is -1.91. The summed E-state index contributed by atoms with van der Waals surface area (Å²) in [5.41, 5.74) is -0.619. The maximum atomic E-state index is 11.8. The van der Waals surface area contributed by atoms with E-state index in [0.29, 0.717) is 6.42 Å². The van der Waals surface area contributed by atoms with E-state index in [4.69, 9.17) is 4.74 Å². The summed E-state index contributed by atoms with van der Waals surface area (Å²) in [4.78, 5) is 44.2. The SMILES string of the molecule is COC(=O)CCCNC(=O)COC(=O)c1ccccc1[N+](=O)[O-]. The van der Waals surface area contributed by atoms with Gasteiger partial charge in [0.15, 0.2) is 6.61 Å². The molecule has 9 heteroatoms. The van der Waals surface area contributed by atoms with Gasteiger partial charge in [-0.2, -0.15) is 0 Å². The van der Waals surface area contributed by atoms with E-state index in [0.717, 1.165) is 0 Å². The standard InChI is InChI=1S/C14H16N2O7/c1-22-13(18)7-4-8-15-12(17)9-23-14(19)10-5-2-3-6-11(10)16(20)21/h2-3,5-6H,4,7-9H2,1H3,(H,15,17). The van der Waals surface area contributed by atoms with Crippen LogP contribution in [0.2, 0.25) is 0 Å². The second-order valence-electron chi connectivity index (χ2n) is 4.38. The highest BCUT2D eigenvalue weighted by molar-refractivity contribution is 5.95. The fourth-order valence-electron chi connectivity index (χ4n) is 1.63. The molecular weight excluding hydrogens is 308 g/mol. The van der Waals surface area contributed by atoms with Crippen LogP contribution in [0, 0.1) is 10.1 Å². The summed E-state index contributed by atoms with van der Waals surface area (Å²) < 4.78 is 9.17. The zero-order valence-electron chi connectivity index (χ0n) is 12.4. The van der Waals surface area contributed by atoms with Gasteiger partial charge in [-0.3, -0.25) is 19.7 Å². The molecule has 124 valence electrons. The number of carbonyl (C=O) groups is 3. The first kappa shape index (κ1) is 18.1. The first-order valence-electron chi connectivity index (χ1n) is 6.69. The van der Waals surface area contributed by atoms with E-state index in [1.807, 2.05) is 0 Å². The lowest BCUT2D eigenvalue weighted by Crippen LogP contribution is -2.30. The molecule has 1 amide bonds. The van der Waals surface area contributed by atoms with Crippen LogP contribution < -0.4 is 5.32 Å². The van der Waals surface area contributed by atoms with Crippen molar-refractivity contribution in [3.05, 3.63) is 39.9 Å². The number of benzene rings is 1. The Labute approximate surface area is 131 Å². The van der Waals surface area contributed by atoms with Gasteiger partial charge in [-0.25, -0.2) is 4.79 Å². The van der Waals surface area contributed by atoms with Crippen LogP contribution in [0.3, 0.4) is 0 Å². The third-order valence-electron chi connectivity index (χ3n) is 2.76. The zero-order chi connectivity index (χ0) is 17.2. The molecule has 0 aliphatic carbocycles. The van der Waals surface area contributed by atoms with Crippen LogP contribution >= 0.6 is 0 Å². The van der Waals surface area contributed by atoms with E-state index in [1.54, 1.807) is 0 Å². The molecule has 1 aromatic rings. The van der Waals surface area contributed by atoms with Crippen molar-refractivity contribution in [3.63, 3.8) is 0 Å². The van der Waals surface area contributed by atoms with Crippen molar-refractivity contribution < 1.29 is 28.8 Å². The number of rotatable bonds is 8. The van der Waals surface area contributed by atoms with E-state index in [2.05, 4.69) is 10.1 Å². The van der Waals surface area contributed by atoms with Crippen LogP contribution in [0.25, 0.3) is 0 Å². The third-order valence-corrected chi connectivity index (χ3v) is 2.76. The van der Waals surface area contributed by atoms with Crippen molar-refractivity contribution in [2.24, 2.45) is 0 Å². The third kappa shape index (κ3) is 6.12. The predicted octanol–water partition coefficient (Wildman–Crippen LogP) is 0.821. The number of hydrogen-bond acceptors (Lipinski definition) is 7. The van der Waals surface area contributed by atoms with Gasteiger partial charge < -0.3 is 14.8 Å². The number of methoxy groups -OCH3 is 1. The van der Waals surface area contributed by atoms with Gasteiger partial charge >= 0.3 is 11.9 Å².